The molecule has 0 amide bonds. The van der Waals surface area contributed by atoms with E-state index in [-0.39, 0.29) is 24.0 Å². The fraction of sp³-hybridized carbons (Fsp3) is 0.381. The molecule has 1 aliphatic rings. The van der Waals surface area contributed by atoms with E-state index in [1.54, 1.807) is 13.3 Å². The lowest BCUT2D eigenvalue weighted by Gasteiger charge is -2.20. The Balaban J connectivity index is 0.00000256. The van der Waals surface area contributed by atoms with Crippen molar-refractivity contribution in [1.29, 1.82) is 0 Å². The number of H-pyrrole nitrogens is 1. The fourth-order valence-electron chi connectivity index (χ4n) is 3.48. The first-order valence-corrected chi connectivity index (χ1v) is 9.95. The summed E-state index contributed by atoms with van der Waals surface area (Å²) in [6.45, 7) is 4.84. The van der Waals surface area contributed by atoms with Crippen molar-refractivity contribution in [3.63, 3.8) is 0 Å². The maximum absolute atomic E-state index is 5.32. The number of nitrogens with zero attached hydrogens (tertiary/aromatic N) is 4. The summed E-state index contributed by atoms with van der Waals surface area (Å²) in [6, 6.07) is 12.8. The highest BCUT2D eigenvalue weighted by Gasteiger charge is 2.23. The zero-order chi connectivity index (χ0) is 20.1. The number of aromatic nitrogens is 3. The first-order valence-electron chi connectivity index (χ1n) is 9.95. The average Bonchev–Trinajstić information content (AvgIpc) is 3.49. The lowest BCUT2D eigenvalue weighted by molar-refractivity contribution is 0.577. The molecule has 0 aliphatic carbocycles. The lowest BCUT2D eigenvalue weighted by atomic mass is 10.2. The molecule has 9 heteroatoms. The third-order valence-electron chi connectivity index (χ3n) is 5.08. The Labute approximate surface area is 193 Å². The molecule has 1 fully saturated rings. The molecule has 3 aromatic rings. The van der Waals surface area contributed by atoms with Crippen LogP contribution in [0.15, 0.2) is 52.1 Å². The predicted molar refractivity (Wildman–Crippen MR) is 129 cm³/mol. The maximum Gasteiger partial charge on any atom is 0.216 e. The number of nitrogens with one attached hydrogen (secondary N) is 3. The van der Waals surface area contributed by atoms with Crippen molar-refractivity contribution >= 4 is 35.6 Å². The molecule has 8 nitrogen and oxygen atoms in total. The van der Waals surface area contributed by atoms with Crippen molar-refractivity contribution in [3.05, 3.63) is 54.0 Å². The Morgan fingerprint density at radius 3 is 2.87 bits per heavy atom. The molecule has 3 heterocycles. The number of rotatable bonds is 6. The van der Waals surface area contributed by atoms with Gasteiger partial charge in [-0.05, 0) is 37.6 Å². The van der Waals surface area contributed by atoms with E-state index in [2.05, 4.69) is 66.9 Å². The summed E-state index contributed by atoms with van der Waals surface area (Å²) < 4.78 is 5.32. The topological polar surface area (TPSA) is 94.4 Å². The van der Waals surface area contributed by atoms with E-state index < -0.39 is 0 Å². The Hall–Kier alpha value is -2.56. The second-order valence-electron chi connectivity index (χ2n) is 7.24. The molecule has 160 valence electrons. The van der Waals surface area contributed by atoms with Crippen LogP contribution < -0.4 is 15.5 Å². The molecular weight excluding hydrogens is 493 g/mol. The van der Waals surface area contributed by atoms with Crippen LogP contribution in [0.5, 0.6) is 0 Å². The van der Waals surface area contributed by atoms with Gasteiger partial charge in [0.2, 0.25) is 5.82 Å². The minimum absolute atomic E-state index is 0. The van der Waals surface area contributed by atoms with Crippen LogP contribution in [-0.2, 0) is 6.42 Å². The van der Waals surface area contributed by atoms with Gasteiger partial charge >= 0.3 is 0 Å². The highest BCUT2D eigenvalue weighted by molar-refractivity contribution is 14.0. The van der Waals surface area contributed by atoms with Gasteiger partial charge in [-0.3, -0.25) is 10.1 Å². The molecule has 0 spiro atoms. The van der Waals surface area contributed by atoms with E-state index in [4.69, 9.17) is 4.42 Å². The zero-order valence-electron chi connectivity index (χ0n) is 17.3. The number of aryl methyl sites for hydroxylation is 1. The fourth-order valence-corrected chi connectivity index (χ4v) is 3.48. The third kappa shape index (κ3) is 5.53. The Morgan fingerprint density at radius 2 is 2.13 bits per heavy atom. The normalized spacial score (nSPS) is 16.4. The highest BCUT2D eigenvalue weighted by atomic mass is 127. The number of hydrogen-bond donors (Lipinski definition) is 3. The van der Waals surface area contributed by atoms with E-state index in [0.29, 0.717) is 30.6 Å². The summed E-state index contributed by atoms with van der Waals surface area (Å²) in [4.78, 5) is 11.2. The van der Waals surface area contributed by atoms with Crippen LogP contribution in [0.2, 0.25) is 0 Å². The molecule has 1 saturated heterocycles. The Kier molecular flexibility index (Phi) is 7.72. The van der Waals surface area contributed by atoms with Crippen molar-refractivity contribution in [2.24, 2.45) is 4.99 Å². The second kappa shape index (κ2) is 10.5. The summed E-state index contributed by atoms with van der Waals surface area (Å²) in [5.41, 5.74) is 2.57. The quantitative estimate of drug-likeness (QED) is 0.263. The van der Waals surface area contributed by atoms with E-state index in [0.717, 1.165) is 31.3 Å². The molecule has 2 aromatic heterocycles. The van der Waals surface area contributed by atoms with Gasteiger partial charge in [0.15, 0.2) is 11.7 Å². The number of guanidine groups is 1. The van der Waals surface area contributed by atoms with Gasteiger partial charge in [-0.2, -0.15) is 5.10 Å². The van der Waals surface area contributed by atoms with Crippen molar-refractivity contribution in [3.8, 4) is 11.6 Å². The summed E-state index contributed by atoms with van der Waals surface area (Å²) in [7, 11) is 1.80. The largest absolute Gasteiger partial charge is 0.461 e. The van der Waals surface area contributed by atoms with Crippen molar-refractivity contribution in [1.82, 2.24) is 25.8 Å². The number of furan rings is 1. The molecule has 1 atom stereocenters. The van der Waals surface area contributed by atoms with Gasteiger partial charge < -0.3 is 20.0 Å². The summed E-state index contributed by atoms with van der Waals surface area (Å²) in [5, 5.41) is 14.0. The molecule has 4 rings (SSSR count). The van der Waals surface area contributed by atoms with E-state index in [1.807, 2.05) is 12.1 Å². The van der Waals surface area contributed by atoms with Crippen LogP contribution >= 0.6 is 24.0 Å². The van der Waals surface area contributed by atoms with Crippen LogP contribution in [0.25, 0.3) is 11.6 Å². The molecule has 0 saturated carbocycles. The molecule has 0 bridgehead atoms. The van der Waals surface area contributed by atoms with Crippen molar-refractivity contribution < 1.29 is 4.42 Å². The molecule has 1 aromatic carbocycles. The number of halogens is 1. The molecule has 30 heavy (non-hydrogen) atoms. The van der Waals surface area contributed by atoms with Gasteiger partial charge in [0, 0.05) is 44.8 Å². The summed E-state index contributed by atoms with van der Waals surface area (Å²) >= 11 is 0. The summed E-state index contributed by atoms with van der Waals surface area (Å²) in [6.07, 6.45) is 3.42. The number of aliphatic imine (C=N–C) groups is 1. The van der Waals surface area contributed by atoms with Crippen molar-refractivity contribution in [2.45, 2.75) is 25.8 Å². The molecule has 3 N–H and O–H groups in total. The molecule has 1 unspecified atom stereocenters. The van der Waals surface area contributed by atoms with Crippen LogP contribution in [0.3, 0.4) is 0 Å². The van der Waals surface area contributed by atoms with Crippen LogP contribution in [0.1, 0.15) is 17.8 Å². The molecule has 1 aliphatic heterocycles. The SMILES string of the molecule is CN=C(NCCc1nc(-c2ccco2)n[nH]1)NC1CCN(c2ccc(C)cc2)C1.I. The standard InChI is InChI=1S/C21H27N7O.HI/c1-15-5-7-17(8-6-15)28-12-10-16(14-28)24-21(22-2)23-11-9-19-25-20(27-26-19)18-4-3-13-29-18;/h3-8,13,16H,9-12,14H2,1-2H3,(H2,22,23,24)(H,25,26,27);1H. The minimum atomic E-state index is 0. The van der Waals surface area contributed by atoms with Crippen molar-refractivity contribution in [2.75, 3.05) is 31.6 Å². The number of aromatic amines is 1. The van der Waals surface area contributed by atoms with Gasteiger partial charge in [-0.15, -0.1) is 24.0 Å². The maximum atomic E-state index is 5.32. The number of anilines is 1. The molecular formula is C21H28IN7O. The summed E-state index contributed by atoms with van der Waals surface area (Å²) in [5.74, 6) is 2.87. The van der Waals surface area contributed by atoms with Gasteiger partial charge in [-0.1, -0.05) is 17.7 Å². The third-order valence-corrected chi connectivity index (χ3v) is 5.08. The first-order chi connectivity index (χ1) is 14.2. The Bertz CT molecular complexity index is 937. The monoisotopic (exact) mass is 521 g/mol. The van der Waals surface area contributed by atoms with E-state index in [1.165, 1.54) is 11.3 Å². The van der Waals surface area contributed by atoms with Crippen LogP contribution in [0, 0.1) is 6.92 Å². The molecule has 0 radical (unpaired) electrons. The zero-order valence-corrected chi connectivity index (χ0v) is 19.6. The number of hydrogen-bond acceptors (Lipinski definition) is 5. The van der Waals surface area contributed by atoms with E-state index in [9.17, 15) is 0 Å². The number of benzene rings is 1. The predicted octanol–water partition coefficient (Wildman–Crippen LogP) is 2.98. The van der Waals surface area contributed by atoms with Gasteiger partial charge in [0.1, 0.15) is 5.82 Å². The smallest absolute Gasteiger partial charge is 0.216 e. The van der Waals surface area contributed by atoms with E-state index >= 15 is 0 Å². The van der Waals surface area contributed by atoms with Crippen LogP contribution in [0.4, 0.5) is 5.69 Å². The average molecular weight is 521 g/mol. The second-order valence-corrected chi connectivity index (χ2v) is 7.24. The van der Waals surface area contributed by atoms with Gasteiger partial charge in [0.05, 0.1) is 6.26 Å². The van der Waals surface area contributed by atoms with Gasteiger partial charge in [0.25, 0.3) is 0 Å². The first kappa shape index (κ1) is 22.1. The lowest BCUT2D eigenvalue weighted by Crippen LogP contribution is -2.45. The van der Waals surface area contributed by atoms with Gasteiger partial charge in [-0.25, -0.2) is 4.98 Å². The Morgan fingerprint density at radius 1 is 1.30 bits per heavy atom. The van der Waals surface area contributed by atoms with Crippen LogP contribution in [-0.4, -0.2) is 53.9 Å². The minimum Gasteiger partial charge on any atom is -0.461 e. The highest BCUT2D eigenvalue weighted by Crippen LogP contribution is 2.20.